The number of aliphatic hydroxyl groups is 1. The number of anilines is 1. The molecule has 134 valence electrons. The van der Waals surface area contributed by atoms with E-state index in [0.717, 1.165) is 30.0 Å². The number of hydrogen-bond donors (Lipinski definition) is 3. The maximum Gasteiger partial charge on any atom is 0.158 e. The highest BCUT2D eigenvalue weighted by Crippen LogP contribution is 2.36. The van der Waals surface area contributed by atoms with Crippen molar-refractivity contribution in [3.63, 3.8) is 0 Å². The van der Waals surface area contributed by atoms with Crippen LogP contribution in [0.1, 0.15) is 25.7 Å². The van der Waals surface area contributed by atoms with Gasteiger partial charge < -0.3 is 15.5 Å². The molecule has 26 heavy (non-hydrogen) atoms. The Balaban J connectivity index is 1.76. The number of nitrogens with zero attached hydrogens (tertiary/aromatic N) is 3. The van der Waals surface area contributed by atoms with Crippen molar-refractivity contribution in [1.82, 2.24) is 15.2 Å². The number of rotatable bonds is 3. The summed E-state index contributed by atoms with van der Waals surface area (Å²) in [4.78, 5) is 4.21. The van der Waals surface area contributed by atoms with Crippen LogP contribution in [-0.4, -0.2) is 37.5 Å². The Morgan fingerprint density at radius 2 is 2.00 bits per heavy atom. The minimum absolute atomic E-state index is 0.0565. The van der Waals surface area contributed by atoms with Gasteiger partial charge in [0.25, 0.3) is 0 Å². The summed E-state index contributed by atoms with van der Waals surface area (Å²) >= 11 is 5.93. The third-order valence-corrected chi connectivity index (χ3v) is 5.02. The first kappa shape index (κ1) is 17.0. The van der Waals surface area contributed by atoms with Crippen LogP contribution < -0.4 is 5.32 Å². The zero-order valence-corrected chi connectivity index (χ0v) is 14.8. The molecule has 1 aliphatic rings. The predicted octanol–water partition coefficient (Wildman–Crippen LogP) is 3.77. The fraction of sp³-hybridized carbons (Fsp3) is 0.316. The third kappa shape index (κ3) is 3.30. The number of aromatic nitrogens is 3. The SMILES string of the molecule is Oc1cc(Cl)ccc1-c1nnc(N[C@@H]2CCC[C@@H](O)C2)c2cnccc12. The smallest absolute Gasteiger partial charge is 0.158 e. The number of halogens is 1. The van der Waals surface area contributed by atoms with Gasteiger partial charge in [0.15, 0.2) is 5.82 Å². The van der Waals surface area contributed by atoms with Gasteiger partial charge >= 0.3 is 0 Å². The first-order chi connectivity index (χ1) is 12.6. The van der Waals surface area contributed by atoms with Crippen LogP contribution in [0.15, 0.2) is 36.7 Å². The Bertz CT molecular complexity index is 950. The molecule has 6 nitrogen and oxygen atoms in total. The largest absolute Gasteiger partial charge is 0.507 e. The molecule has 1 fully saturated rings. The molecule has 0 radical (unpaired) electrons. The van der Waals surface area contributed by atoms with Crippen molar-refractivity contribution in [2.75, 3.05) is 5.32 Å². The molecule has 2 heterocycles. The zero-order valence-electron chi connectivity index (χ0n) is 14.1. The van der Waals surface area contributed by atoms with Crippen LogP contribution in [0.3, 0.4) is 0 Å². The van der Waals surface area contributed by atoms with Gasteiger partial charge in [0.05, 0.1) is 6.10 Å². The Labute approximate surface area is 155 Å². The zero-order chi connectivity index (χ0) is 18.1. The molecule has 1 saturated carbocycles. The number of nitrogens with one attached hydrogen (secondary N) is 1. The first-order valence-electron chi connectivity index (χ1n) is 8.65. The minimum Gasteiger partial charge on any atom is -0.507 e. The lowest BCUT2D eigenvalue weighted by atomic mass is 9.93. The quantitative estimate of drug-likeness (QED) is 0.650. The van der Waals surface area contributed by atoms with E-state index in [1.54, 1.807) is 24.5 Å². The molecule has 0 spiro atoms. The average molecular weight is 371 g/mol. The Morgan fingerprint density at radius 3 is 2.81 bits per heavy atom. The highest BCUT2D eigenvalue weighted by Gasteiger charge is 2.22. The van der Waals surface area contributed by atoms with E-state index >= 15 is 0 Å². The van der Waals surface area contributed by atoms with Crippen LogP contribution in [-0.2, 0) is 0 Å². The van der Waals surface area contributed by atoms with Gasteiger partial charge in [0.2, 0.25) is 0 Å². The van der Waals surface area contributed by atoms with Crippen LogP contribution in [0, 0.1) is 0 Å². The number of aliphatic hydroxyl groups excluding tert-OH is 1. The van der Waals surface area contributed by atoms with Crippen molar-refractivity contribution in [3.05, 3.63) is 41.7 Å². The van der Waals surface area contributed by atoms with Gasteiger partial charge in [0.1, 0.15) is 11.4 Å². The molecule has 1 aliphatic carbocycles. The van der Waals surface area contributed by atoms with Gasteiger partial charge in [-0.1, -0.05) is 11.6 Å². The molecule has 0 aliphatic heterocycles. The number of fused-ring (bicyclic) bond motifs is 1. The lowest BCUT2D eigenvalue weighted by molar-refractivity contribution is 0.124. The van der Waals surface area contributed by atoms with E-state index in [-0.39, 0.29) is 17.9 Å². The minimum atomic E-state index is -0.274. The van der Waals surface area contributed by atoms with E-state index in [4.69, 9.17) is 11.6 Å². The second-order valence-corrected chi connectivity index (χ2v) is 7.08. The summed E-state index contributed by atoms with van der Waals surface area (Å²) in [7, 11) is 0. The molecule has 0 unspecified atom stereocenters. The average Bonchev–Trinajstić information content (AvgIpc) is 2.63. The van der Waals surface area contributed by atoms with Gasteiger partial charge in [0, 0.05) is 39.8 Å². The van der Waals surface area contributed by atoms with Crippen molar-refractivity contribution in [3.8, 4) is 17.0 Å². The number of pyridine rings is 1. The molecular weight excluding hydrogens is 352 g/mol. The molecule has 4 rings (SSSR count). The molecular formula is C19H19ClN4O2. The van der Waals surface area contributed by atoms with E-state index < -0.39 is 0 Å². The summed E-state index contributed by atoms with van der Waals surface area (Å²) in [6.45, 7) is 0. The Kier molecular flexibility index (Phi) is 4.61. The normalized spacial score (nSPS) is 20.2. The molecule has 7 heteroatoms. The van der Waals surface area contributed by atoms with E-state index in [9.17, 15) is 10.2 Å². The standard InChI is InChI=1S/C19H19ClN4O2/c20-11-4-5-15(17(26)8-11)18-14-6-7-21-10-16(14)19(24-23-18)22-12-2-1-3-13(25)9-12/h4-8,10,12-13,25-26H,1-3,9H2,(H,22,24)/t12-,13-/m1/s1. The maximum atomic E-state index is 10.3. The first-order valence-corrected chi connectivity index (χ1v) is 9.03. The van der Waals surface area contributed by atoms with Crippen molar-refractivity contribution in [2.45, 2.75) is 37.8 Å². The molecule has 1 aromatic carbocycles. The Hall–Kier alpha value is -2.44. The van der Waals surface area contributed by atoms with Gasteiger partial charge in [-0.2, -0.15) is 0 Å². The summed E-state index contributed by atoms with van der Waals surface area (Å²) < 4.78 is 0. The summed E-state index contributed by atoms with van der Waals surface area (Å²) in [6, 6.07) is 6.94. The number of aromatic hydroxyl groups is 1. The van der Waals surface area contributed by atoms with Crippen LogP contribution in [0.5, 0.6) is 5.75 Å². The van der Waals surface area contributed by atoms with Crippen LogP contribution in [0.25, 0.3) is 22.0 Å². The predicted molar refractivity (Wildman–Crippen MR) is 101 cm³/mol. The van der Waals surface area contributed by atoms with E-state index in [1.807, 2.05) is 6.07 Å². The van der Waals surface area contributed by atoms with Crippen molar-refractivity contribution in [2.24, 2.45) is 0 Å². The van der Waals surface area contributed by atoms with Crippen LogP contribution >= 0.6 is 11.6 Å². The summed E-state index contributed by atoms with van der Waals surface area (Å²) in [6.07, 6.45) is 6.67. The topological polar surface area (TPSA) is 91.2 Å². The second-order valence-electron chi connectivity index (χ2n) is 6.64. The molecule has 0 bridgehead atoms. The summed E-state index contributed by atoms with van der Waals surface area (Å²) in [5.74, 6) is 0.699. The lowest BCUT2D eigenvalue weighted by Crippen LogP contribution is -2.30. The molecule has 3 N–H and O–H groups in total. The van der Waals surface area contributed by atoms with Crippen molar-refractivity contribution in [1.29, 1.82) is 0 Å². The van der Waals surface area contributed by atoms with Gasteiger partial charge in [-0.05, 0) is 49.9 Å². The van der Waals surface area contributed by atoms with Gasteiger partial charge in [-0.15, -0.1) is 10.2 Å². The van der Waals surface area contributed by atoms with Gasteiger partial charge in [-0.3, -0.25) is 4.98 Å². The molecule has 2 atom stereocenters. The second kappa shape index (κ2) is 7.05. The van der Waals surface area contributed by atoms with Crippen molar-refractivity contribution >= 4 is 28.2 Å². The van der Waals surface area contributed by atoms with Gasteiger partial charge in [-0.25, -0.2) is 0 Å². The van der Waals surface area contributed by atoms with Crippen molar-refractivity contribution < 1.29 is 10.2 Å². The number of benzene rings is 1. The molecule has 0 amide bonds. The molecule has 2 aromatic heterocycles. The van der Waals surface area contributed by atoms with E-state index in [1.165, 1.54) is 6.07 Å². The summed E-state index contributed by atoms with van der Waals surface area (Å²) in [5, 5.41) is 34.3. The maximum absolute atomic E-state index is 10.3. The monoisotopic (exact) mass is 370 g/mol. The molecule has 3 aromatic rings. The van der Waals surface area contributed by atoms with E-state index in [0.29, 0.717) is 28.5 Å². The lowest BCUT2D eigenvalue weighted by Gasteiger charge is -2.27. The van der Waals surface area contributed by atoms with Crippen LogP contribution in [0.2, 0.25) is 5.02 Å². The highest BCUT2D eigenvalue weighted by atomic mass is 35.5. The molecule has 0 saturated heterocycles. The number of phenolic OH excluding ortho intramolecular Hbond substituents is 1. The Morgan fingerprint density at radius 1 is 1.12 bits per heavy atom. The highest BCUT2D eigenvalue weighted by molar-refractivity contribution is 6.30. The number of phenols is 1. The fourth-order valence-electron chi connectivity index (χ4n) is 3.50. The number of hydrogen-bond acceptors (Lipinski definition) is 6. The summed E-state index contributed by atoms with van der Waals surface area (Å²) in [5.41, 5.74) is 1.14. The van der Waals surface area contributed by atoms with E-state index in [2.05, 4.69) is 20.5 Å². The van der Waals surface area contributed by atoms with Crippen LogP contribution in [0.4, 0.5) is 5.82 Å². The third-order valence-electron chi connectivity index (χ3n) is 4.78. The fourth-order valence-corrected chi connectivity index (χ4v) is 3.66.